The maximum Gasteiger partial charge on any atom is 0.256 e. The molecule has 1 aromatic carbocycles. The van der Waals surface area contributed by atoms with Crippen LogP contribution in [0.25, 0.3) is 0 Å². The van der Waals surface area contributed by atoms with Gasteiger partial charge in [0, 0.05) is 25.7 Å². The zero-order chi connectivity index (χ0) is 14.0. The number of nitrogens with zero attached hydrogens (tertiary/aromatic N) is 2. The molecule has 3 nitrogen and oxygen atoms in total. The first-order valence-corrected chi connectivity index (χ1v) is 7.27. The molecule has 1 saturated heterocycles. The number of halogens is 2. The molecule has 1 amide bonds. The molecule has 1 aromatic rings. The molecule has 0 spiro atoms. The highest BCUT2D eigenvalue weighted by Gasteiger charge is 2.28. The molecule has 104 valence electrons. The third-order valence-electron chi connectivity index (χ3n) is 3.72. The fraction of sp³-hybridized carbons (Fsp3) is 0.500. The zero-order valence-electron chi connectivity index (χ0n) is 11.2. The van der Waals surface area contributed by atoms with Gasteiger partial charge >= 0.3 is 0 Å². The largest absolute Gasteiger partial charge is 0.336 e. The average Bonchev–Trinajstić information content (AvgIpc) is 2.41. The molecule has 1 atom stereocenters. The number of likely N-dealkylation sites (N-methyl/N-ethyl adjacent to an activating group) is 1. The first-order valence-electron chi connectivity index (χ1n) is 6.48. The maximum atomic E-state index is 14.0. The van der Waals surface area contributed by atoms with Gasteiger partial charge in [0.1, 0.15) is 5.82 Å². The summed E-state index contributed by atoms with van der Waals surface area (Å²) >= 11 is 3.12. The second kappa shape index (κ2) is 6.01. The normalized spacial score (nSPS) is 20.6. The lowest BCUT2D eigenvalue weighted by molar-refractivity contribution is 0.0537. The second-order valence-corrected chi connectivity index (χ2v) is 5.75. The number of carbonyl (C=O) groups excluding carboxylic acids is 1. The minimum Gasteiger partial charge on any atom is -0.336 e. The van der Waals surface area contributed by atoms with Gasteiger partial charge in [-0.25, -0.2) is 4.39 Å². The third kappa shape index (κ3) is 2.98. The molecule has 1 aliphatic rings. The van der Waals surface area contributed by atoms with Crippen LogP contribution in [0.4, 0.5) is 4.39 Å². The SMILES string of the molecule is CCC1CN(C(=O)c2cccc(Br)c2F)CCN1C. The van der Waals surface area contributed by atoms with E-state index >= 15 is 0 Å². The predicted octanol–water partition coefficient (Wildman–Crippen LogP) is 2.75. The van der Waals surface area contributed by atoms with Crippen molar-refractivity contribution in [3.63, 3.8) is 0 Å². The van der Waals surface area contributed by atoms with E-state index in [1.165, 1.54) is 0 Å². The summed E-state index contributed by atoms with van der Waals surface area (Å²) in [6, 6.07) is 5.19. The highest BCUT2D eigenvalue weighted by Crippen LogP contribution is 2.21. The van der Waals surface area contributed by atoms with Crippen LogP contribution in [0.1, 0.15) is 23.7 Å². The summed E-state index contributed by atoms with van der Waals surface area (Å²) in [5, 5.41) is 0. The highest BCUT2D eigenvalue weighted by molar-refractivity contribution is 9.10. The molecule has 1 unspecified atom stereocenters. The lowest BCUT2D eigenvalue weighted by atomic mass is 10.1. The Morgan fingerprint density at radius 3 is 2.89 bits per heavy atom. The number of hydrogen-bond donors (Lipinski definition) is 0. The van der Waals surface area contributed by atoms with Crippen molar-refractivity contribution in [2.75, 3.05) is 26.7 Å². The molecule has 2 rings (SSSR count). The lowest BCUT2D eigenvalue weighted by Crippen LogP contribution is -2.53. The van der Waals surface area contributed by atoms with Crippen molar-refractivity contribution in [3.8, 4) is 0 Å². The number of piperazine rings is 1. The molecule has 0 saturated carbocycles. The van der Waals surface area contributed by atoms with E-state index in [9.17, 15) is 9.18 Å². The monoisotopic (exact) mass is 328 g/mol. The Morgan fingerprint density at radius 2 is 2.21 bits per heavy atom. The van der Waals surface area contributed by atoms with Gasteiger partial charge in [-0.05, 0) is 41.5 Å². The molecule has 0 radical (unpaired) electrons. The number of rotatable bonds is 2. The molecule has 0 aliphatic carbocycles. The lowest BCUT2D eigenvalue weighted by Gasteiger charge is -2.39. The number of hydrogen-bond acceptors (Lipinski definition) is 2. The van der Waals surface area contributed by atoms with E-state index < -0.39 is 5.82 Å². The molecule has 0 bridgehead atoms. The Labute approximate surface area is 121 Å². The summed E-state index contributed by atoms with van der Waals surface area (Å²) < 4.78 is 14.3. The van der Waals surface area contributed by atoms with E-state index in [0.717, 1.165) is 13.0 Å². The number of amides is 1. The molecule has 19 heavy (non-hydrogen) atoms. The topological polar surface area (TPSA) is 23.6 Å². The molecule has 5 heteroatoms. The Kier molecular flexibility index (Phi) is 4.58. The van der Waals surface area contributed by atoms with Crippen molar-refractivity contribution in [1.82, 2.24) is 9.80 Å². The van der Waals surface area contributed by atoms with E-state index in [4.69, 9.17) is 0 Å². The standard InChI is InChI=1S/C14H18BrFN2O/c1-3-10-9-18(8-7-17(10)2)14(19)11-5-4-6-12(15)13(11)16/h4-6,10H,3,7-9H2,1-2H3. The van der Waals surface area contributed by atoms with E-state index in [0.29, 0.717) is 23.6 Å². The van der Waals surface area contributed by atoms with Gasteiger partial charge in [0.05, 0.1) is 10.0 Å². The smallest absolute Gasteiger partial charge is 0.256 e. The Hall–Kier alpha value is -0.940. The molecule has 1 fully saturated rings. The minimum atomic E-state index is -0.473. The van der Waals surface area contributed by atoms with Gasteiger partial charge in [0.15, 0.2) is 0 Å². The van der Waals surface area contributed by atoms with Gasteiger partial charge < -0.3 is 4.90 Å². The van der Waals surface area contributed by atoms with Crippen molar-refractivity contribution in [1.29, 1.82) is 0 Å². The van der Waals surface area contributed by atoms with Crippen molar-refractivity contribution in [2.45, 2.75) is 19.4 Å². The number of carbonyl (C=O) groups is 1. The predicted molar refractivity (Wildman–Crippen MR) is 76.7 cm³/mol. The molecule has 0 aromatic heterocycles. The van der Waals surface area contributed by atoms with Crippen molar-refractivity contribution in [2.24, 2.45) is 0 Å². The Bertz CT molecular complexity index is 481. The fourth-order valence-electron chi connectivity index (χ4n) is 2.41. The van der Waals surface area contributed by atoms with Gasteiger partial charge in [-0.2, -0.15) is 0 Å². The minimum absolute atomic E-state index is 0.147. The van der Waals surface area contributed by atoms with Gasteiger partial charge in [-0.1, -0.05) is 13.0 Å². The van der Waals surface area contributed by atoms with E-state index in [-0.39, 0.29) is 11.5 Å². The van der Waals surface area contributed by atoms with Crippen LogP contribution < -0.4 is 0 Å². The van der Waals surface area contributed by atoms with Gasteiger partial charge in [-0.15, -0.1) is 0 Å². The van der Waals surface area contributed by atoms with Gasteiger partial charge in [0.25, 0.3) is 5.91 Å². The molecular formula is C14H18BrFN2O. The summed E-state index contributed by atoms with van der Waals surface area (Å²) in [5.74, 6) is -0.690. The van der Waals surface area contributed by atoms with Crippen molar-refractivity contribution in [3.05, 3.63) is 34.1 Å². The van der Waals surface area contributed by atoms with Crippen molar-refractivity contribution < 1.29 is 9.18 Å². The third-order valence-corrected chi connectivity index (χ3v) is 4.33. The maximum absolute atomic E-state index is 14.0. The van der Waals surface area contributed by atoms with Crippen LogP contribution in [-0.4, -0.2) is 48.4 Å². The highest BCUT2D eigenvalue weighted by atomic mass is 79.9. The van der Waals surface area contributed by atoms with Gasteiger partial charge in [-0.3, -0.25) is 9.69 Å². The Morgan fingerprint density at radius 1 is 1.47 bits per heavy atom. The second-order valence-electron chi connectivity index (χ2n) is 4.90. The van der Waals surface area contributed by atoms with E-state index in [2.05, 4.69) is 34.8 Å². The fourth-order valence-corrected chi connectivity index (χ4v) is 2.78. The molecule has 1 aliphatic heterocycles. The first-order chi connectivity index (χ1) is 9.04. The van der Waals surface area contributed by atoms with Crippen LogP contribution in [0, 0.1) is 5.82 Å². The van der Waals surface area contributed by atoms with Crippen LogP contribution in [0.15, 0.2) is 22.7 Å². The average molecular weight is 329 g/mol. The summed E-state index contributed by atoms with van der Waals surface area (Å²) in [4.78, 5) is 16.4. The molecular weight excluding hydrogens is 311 g/mol. The van der Waals surface area contributed by atoms with Crippen LogP contribution >= 0.6 is 15.9 Å². The summed E-state index contributed by atoms with van der Waals surface area (Å²) in [5.41, 5.74) is 0.147. The van der Waals surface area contributed by atoms with Crippen LogP contribution in [0.3, 0.4) is 0 Å². The summed E-state index contributed by atoms with van der Waals surface area (Å²) in [6.45, 7) is 4.25. The zero-order valence-corrected chi connectivity index (χ0v) is 12.8. The summed E-state index contributed by atoms with van der Waals surface area (Å²) in [7, 11) is 2.07. The van der Waals surface area contributed by atoms with Crippen LogP contribution in [0.5, 0.6) is 0 Å². The van der Waals surface area contributed by atoms with Gasteiger partial charge in [0.2, 0.25) is 0 Å². The summed E-state index contributed by atoms with van der Waals surface area (Å²) in [6.07, 6.45) is 0.987. The van der Waals surface area contributed by atoms with Crippen LogP contribution in [0.2, 0.25) is 0 Å². The van der Waals surface area contributed by atoms with E-state index in [1.54, 1.807) is 23.1 Å². The van der Waals surface area contributed by atoms with E-state index in [1.807, 2.05) is 0 Å². The quantitative estimate of drug-likeness (QED) is 0.833. The number of benzene rings is 1. The molecule has 1 heterocycles. The Balaban J connectivity index is 2.18. The van der Waals surface area contributed by atoms with Crippen molar-refractivity contribution >= 4 is 21.8 Å². The molecule has 0 N–H and O–H groups in total. The first kappa shape index (κ1) is 14.5. The van der Waals surface area contributed by atoms with Crippen LogP contribution in [-0.2, 0) is 0 Å².